The number of allylic oxidation sites excluding steroid dienone is 5. The molecule has 0 saturated carbocycles. The summed E-state index contributed by atoms with van der Waals surface area (Å²) in [5.74, 6) is 0.419. The topological polar surface area (TPSA) is 39.9 Å². The Labute approximate surface area is 202 Å². The second-order valence-electron chi connectivity index (χ2n) is 6.50. The van der Waals surface area contributed by atoms with Crippen molar-refractivity contribution in [1.29, 1.82) is 0 Å². The Morgan fingerprint density at radius 2 is 1.91 bits per heavy atom. The third-order valence-electron chi connectivity index (χ3n) is 4.32. The summed E-state index contributed by atoms with van der Waals surface area (Å²) in [6, 6.07) is 9.54. The molecule has 0 N–H and O–H groups in total. The van der Waals surface area contributed by atoms with Crippen molar-refractivity contribution in [3.05, 3.63) is 71.6 Å². The normalized spacial score (nSPS) is 12.1. The lowest BCUT2D eigenvalue weighted by Crippen LogP contribution is -1.94. The average molecular weight is 492 g/mol. The van der Waals surface area contributed by atoms with Gasteiger partial charge < -0.3 is 4.74 Å². The Bertz CT molecular complexity index is 1130. The summed E-state index contributed by atoms with van der Waals surface area (Å²) < 4.78 is 34.8. The second-order valence-corrected chi connectivity index (χ2v) is 7.96. The van der Waals surface area contributed by atoms with Crippen LogP contribution in [0.1, 0.15) is 39.9 Å². The molecule has 2 heterocycles. The Morgan fingerprint density at radius 3 is 2.52 bits per heavy atom. The largest absolute Gasteiger partial charge is 0.494 e. The molecule has 0 atom stereocenters. The highest BCUT2D eigenvalue weighted by atomic mass is 35.5. The predicted molar refractivity (Wildman–Crippen MR) is 135 cm³/mol. The molecule has 33 heavy (non-hydrogen) atoms. The maximum Gasteiger partial charge on any atom is 0.187 e. The Kier molecular flexibility index (Phi) is 10.5. The molecule has 3 aromatic rings. The van der Waals surface area contributed by atoms with Gasteiger partial charge in [0, 0.05) is 11.9 Å². The van der Waals surface area contributed by atoms with Crippen LogP contribution >= 0.6 is 22.9 Å². The number of thiophene rings is 1. The zero-order valence-corrected chi connectivity index (χ0v) is 21.0. The van der Waals surface area contributed by atoms with Gasteiger partial charge in [0.25, 0.3) is 0 Å². The monoisotopic (exact) mass is 491 g/mol. The van der Waals surface area contributed by atoms with Gasteiger partial charge in [-0.1, -0.05) is 44.5 Å². The first-order chi connectivity index (χ1) is 16.0. The Hall–Kier alpha value is -2.77. The van der Waals surface area contributed by atoms with Crippen LogP contribution in [-0.2, 0) is 7.05 Å². The molecule has 0 bridgehead atoms. The van der Waals surface area contributed by atoms with Crippen LogP contribution in [0.15, 0.2) is 60.7 Å². The molecule has 0 aliphatic rings. The Balaban J connectivity index is 0.00000187. The van der Waals surface area contributed by atoms with E-state index in [1.54, 1.807) is 13.1 Å². The first-order valence-electron chi connectivity index (χ1n) is 10.8. The third kappa shape index (κ3) is 6.62. The molecule has 0 saturated heterocycles. The molecule has 0 aliphatic heterocycles. The van der Waals surface area contributed by atoms with Gasteiger partial charge >= 0.3 is 0 Å². The summed E-state index contributed by atoms with van der Waals surface area (Å²) in [5, 5.41) is 4.68. The fraction of sp³-hybridized carbons (Fsp3) is 0.280. The van der Waals surface area contributed by atoms with E-state index in [0.717, 1.165) is 22.6 Å². The lowest BCUT2D eigenvalue weighted by atomic mass is 10.2. The van der Waals surface area contributed by atoms with E-state index in [0.29, 0.717) is 22.3 Å². The highest BCUT2D eigenvalue weighted by Crippen LogP contribution is 2.41. The van der Waals surface area contributed by atoms with E-state index in [9.17, 15) is 8.78 Å². The average Bonchev–Trinajstić information content (AvgIpc) is 3.39. The third-order valence-corrected chi connectivity index (χ3v) is 5.91. The number of rotatable bonds is 8. The highest BCUT2D eigenvalue weighted by Gasteiger charge is 2.20. The minimum absolute atomic E-state index is 0.0502. The summed E-state index contributed by atoms with van der Waals surface area (Å²) in [6.45, 7) is 8.46. The van der Waals surface area contributed by atoms with Crippen molar-refractivity contribution in [3.63, 3.8) is 0 Å². The van der Waals surface area contributed by atoms with Crippen LogP contribution in [0.3, 0.4) is 0 Å². The number of aryl methyl sites for hydroxylation is 1. The zero-order chi connectivity index (χ0) is 24.4. The zero-order valence-electron chi connectivity index (χ0n) is 19.4. The molecular weight excluding hydrogens is 464 g/mol. The van der Waals surface area contributed by atoms with Gasteiger partial charge in [-0.15, -0.1) is 11.3 Å². The van der Waals surface area contributed by atoms with Crippen LogP contribution in [0.4, 0.5) is 8.78 Å². The molecule has 176 valence electrons. The molecule has 0 unspecified atom stereocenters. The van der Waals surface area contributed by atoms with E-state index < -0.39 is 5.83 Å². The summed E-state index contributed by atoms with van der Waals surface area (Å²) in [6.07, 6.45) is 5.40. The quantitative estimate of drug-likeness (QED) is 0.297. The molecule has 0 spiro atoms. The summed E-state index contributed by atoms with van der Waals surface area (Å²) in [4.78, 5) is 5.95. The number of ether oxygens (including phenoxy) is 1. The maximum absolute atomic E-state index is 14.4. The van der Waals surface area contributed by atoms with Crippen molar-refractivity contribution in [2.24, 2.45) is 7.05 Å². The summed E-state index contributed by atoms with van der Waals surface area (Å²) in [5.41, 5.74) is 0.659. The molecular formula is C25H28ClF2N3OS. The van der Waals surface area contributed by atoms with Crippen LogP contribution in [0.2, 0.25) is 5.02 Å². The van der Waals surface area contributed by atoms with Crippen molar-refractivity contribution in [1.82, 2.24) is 14.8 Å². The van der Waals surface area contributed by atoms with Crippen LogP contribution in [0.25, 0.3) is 26.7 Å². The van der Waals surface area contributed by atoms with Gasteiger partial charge in [-0.3, -0.25) is 0 Å². The van der Waals surface area contributed by atoms with Gasteiger partial charge in [0.15, 0.2) is 11.6 Å². The molecule has 2 aromatic heterocycles. The number of halogens is 3. The van der Waals surface area contributed by atoms with Crippen molar-refractivity contribution < 1.29 is 13.5 Å². The van der Waals surface area contributed by atoms with Gasteiger partial charge in [-0.05, 0) is 55.3 Å². The van der Waals surface area contributed by atoms with Gasteiger partial charge in [0.05, 0.1) is 22.1 Å². The minimum Gasteiger partial charge on any atom is -0.494 e. The van der Waals surface area contributed by atoms with Crippen molar-refractivity contribution in [2.75, 3.05) is 6.61 Å². The van der Waals surface area contributed by atoms with Crippen molar-refractivity contribution in [3.8, 4) is 26.9 Å². The number of hydrogen-bond acceptors (Lipinski definition) is 4. The standard InChI is InChI=1S/C23H22ClF2N3OS.C2H6/c1-4-6-7-8-19(26)17(14-25)22-27-23(29(3)28-22)21-18(24)13-20(31-21)15-9-11-16(12-10-15)30-5-2;1-2/h6-14H,4-5H2,1-3H3;1-2H3/b7-6-,17-14-,19-8+;. The molecule has 4 nitrogen and oxygen atoms in total. The van der Waals surface area contributed by atoms with Crippen LogP contribution in [0, 0.1) is 0 Å². The van der Waals surface area contributed by atoms with Gasteiger partial charge in [0.2, 0.25) is 0 Å². The molecule has 0 amide bonds. The summed E-state index contributed by atoms with van der Waals surface area (Å²) >= 11 is 7.90. The van der Waals surface area contributed by atoms with E-state index in [4.69, 9.17) is 16.3 Å². The maximum atomic E-state index is 14.4. The lowest BCUT2D eigenvalue weighted by molar-refractivity contribution is 0.340. The van der Waals surface area contributed by atoms with E-state index in [2.05, 4.69) is 10.1 Å². The molecule has 8 heteroatoms. The predicted octanol–water partition coefficient (Wildman–Crippen LogP) is 8.42. The molecule has 3 rings (SSSR count). The highest BCUT2D eigenvalue weighted by molar-refractivity contribution is 7.19. The van der Waals surface area contributed by atoms with Crippen LogP contribution in [-0.4, -0.2) is 21.4 Å². The summed E-state index contributed by atoms with van der Waals surface area (Å²) in [7, 11) is 1.66. The first-order valence-corrected chi connectivity index (χ1v) is 11.9. The van der Waals surface area contributed by atoms with E-state index in [1.807, 2.05) is 58.0 Å². The molecule has 0 radical (unpaired) electrons. The molecule has 1 aromatic carbocycles. The Morgan fingerprint density at radius 1 is 1.21 bits per heavy atom. The second kappa shape index (κ2) is 13.1. The smallest absolute Gasteiger partial charge is 0.187 e. The number of hydrogen-bond donors (Lipinski definition) is 0. The number of benzene rings is 1. The van der Waals surface area contributed by atoms with E-state index >= 15 is 0 Å². The van der Waals surface area contributed by atoms with Gasteiger partial charge in [0.1, 0.15) is 17.9 Å². The fourth-order valence-corrected chi connectivity index (χ4v) is 4.28. The van der Waals surface area contributed by atoms with Crippen LogP contribution < -0.4 is 4.74 Å². The minimum atomic E-state index is -0.753. The first kappa shape index (κ1) is 26.5. The van der Waals surface area contributed by atoms with Gasteiger partial charge in [-0.25, -0.2) is 18.4 Å². The number of nitrogens with zero attached hydrogens (tertiary/aromatic N) is 3. The van der Waals surface area contributed by atoms with E-state index in [1.165, 1.54) is 28.2 Å². The molecule has 0 aliphatic carbocycles. The SMILES string of the molecule is CC.CC\C=C/C=C(F)\C(=C\F)c1nc(-c2sc(-c3ccc(OCC)cc3)cc2Cl)n(C)n1. The van der Waals surface area contributed by atoms with E-state index in [-0.39, 0.29) is 17.7 Å². The van der Waals surface area contributed by atoms with Crippen LogP contribution in [0.5, 0.6) is 5.75 Å². The lowest BCUT2D eigenvalue weighted by Gasteiger charge is -2.03. The van der Waals surface area contributed by atoms with Crippen molar-refractivity contribution >= 4 is 28.5 Å². The number of aromatic nitrogens is 3. The fourth-order valence-electron chi connectivity index (χ4n) is 2.83. The molecule has 0 fully saturated rings. The van der Waals surface area contributed by atoms with Crippen molar-refractivity contribution in [2.45, 2.75) is 34.1 Å². The van der Waals surface area contributed by atoms with Gasteiger partial charge in [-0.2, -0.15) is 5.10 Å².